The van der Waals surface area contributed by atoms with Crippen molar-refractivity contribution in [1.82, 2.24) is 10.6 Å². The molecule has 0 bridgehead atoms. The second kappa shape index (κ2) is 20.9. The van der Waals surface area contributed by atoms with Gasteiger partial charge in [-0.1, -0.05) is 66.7 Å². The van der Waals surface area contributed by atoms with Crippen LogP contribution in [-0.4, -0.2) is 71.8 Å². The zero-order valence-electron chi connectivity index (χ0n) is 34.1. The van der Waals surface area contributed by atoms with Crippen molar-refractivity contribution >= 4 is 52.9 Å². The van der Waals surface area contributed by atoms with Crippen LogP contribution in [0.1, 0.15) is 79.4 Å². The summed E-state index contributed by atoms with van der Waals surface area (Å²) in [4.78, 5) is 74.5. The number of fused-ring (bicyclic) bond motifs is 2. The molecule has 0 aromatic heterocycles. The van der Waals surface area contributed by atoms with E-state index in [2.05, 4.69) is 31.3 Å². The Morgan fingerprint density at radius 2 is 1.00 bits per heavy atom. The highest BCUT2D eigenvalue weighted by molar-refractivity contribution is 6.02. The Bertz CT molecular complexity index is 2380. The van der Waals surface area contributed by atoms with Crippen molar-refractivity contribution in [1.29, 1.82) is 0 Å². The number of rotatable bonds is 18. The lowest BCUT2D eigenvalue weighted by molar-refractivity contribution is -0.118. The molecule has 0 saturated carbocycles. The van der Waals surface area contributed by atoms with Gasteiger partial charge in [0.05, 0.1) is 5.56 Å². The molecule has 2 atom stereocenters. The minimum absolute atomic E-state index is 0.0755. The van der Waals surface area contributed by atoms with Crippen molar-refractivity contribution in [2.75, 3.05) is 23.7 Å². The lowest BCUT2D eigenvalue weighted by Crippen LogP contribution is -2.44. The molecule has 0 radical (unpaired) electrons. The highest BCUT2D eigenvalue weighted by Gasteiger charge is 2.33. The van der Waals surface area contributed by atoms with E-state index in [1.54, 1.807) is 115 Å². The fourth-order valence-electron chi connectivity index (χ4n) is 7.11. The zero-order valence-corrected chi connectivity index (χ0v) is 34.1. The smallest absolute Gasteiger partial charge is 0.335 e. The number of carboxylic acids is 1. The normalized spacial score (nSPS) is 13.3. The van der Waals surface area contributed by atoms with Crippen LogP contribution in [0.5, 0.6) is 11.5 Å². The maximum absolute atomic E-state index is 13.8. The number of nitrogens with one attached hydrogen (secondary N) is 4. The number of nitrogens with zero attached hydrogens (tertiary/aromatic N) is 2. The van der Waals surface area contributed by atoms with Gasteiger partial charge in [-0.05, 0) is 73.7 Å². The third-order valence-electron chi connectivity index (χ3n) is 10.1. The van der Waals surface area contributed by atoms with Gasteiger partial charge in [0.15, 0.2) is 11.9 Å². The van der Waals surface area contributed by atoms with Gasteiger partial charge in [0.1, 0.15) is 23.6 Å². The predicted molar refractivity (Wildman–Crippen MR) is 240 cm³/mol. The van der Waals surface area contributed by atoms with Crippen molar-refractivity contribution < 1.29 is 33.8 Å². The average Bonchev–Trinajstić information content (AvgIpc) is 3.27. The SMILES string of the molecule is NC(N)=NCCCC(NC(=O)c1ccccc1)C(=O)Nc1ccc2c(c1)Oc1cc(NC(=O)C(CCCN=C(N)N)NC(=O)c3ccccc3)ccc1C2c1ccccc1C(=O)O. The highest BCUT2D eigenvalue weighted by atomic mass is 16.5. The number of aromatic carboxylic acids is 1. The van der Waals surface area contributed by atoms with Gasteiger partial charge in [-0.25, -0.2) is 4.79 Å². The first-order valence-electron chi connectivity index (χ1n) is 20.1. The van der Waals surface area contributed by atoms with Gasteiger partial charge in [0, 0.05) is 64.8 Å². The van der Waals surface area contributed by atoms with E-state index in [0.717, 1.165) is 0 Å². The summed E-state index contributed by atoms with van der Waals surface area (Å²) in [7, 11) is 0. The van der Waals surface area contributed by atoms with Crippen LogP contribution in [0, 0.1) is 0 Å². The molecule has 63 heavy (non-hydrogen) atoms. The number of aliphatic imine (C=N–C) groups is 2. The lowest BCUT2D eigenvalue weighted by Gasteiger charge is -2.30. The predicted octanol–water partition coefficient (Wildman–Crippen LogP) is 4.25. The van der Waals surface area contributed by atoms with Crippen LogP contribution in [0.2, 0.25) is 0 Å². The molecular weight excluding hydrogens is 805 g/mol. The van der Waals surface area contributed by atoms with Crippen molar-refractivity contribution in [3.63, 3.8) is 0 Å². The quantitative estimate of drug-likeness (QED) is 0.0335. The van der Waals surface area contributed by atoms with E-state index < -0.39 is 47.6 Å². The summed E-state index contributed by atoms with van der Waals surface area (Å²) in [6, 6.07) is 31.7. The Morgan fingerprint density at radius 3 is 1.43 bits per heavy atom. The molecule has 0 saturated heterocycles. The second-order valence-electron chi connectivity index (χ2n) is 14.6. The molecule has 1 aliphatic rings. The fraction of sp³-hybridized carbons (Fsp3) is 0.196. The molecule has 324 valence electrons. The monoisotopic (exact) mass is 852 g/mol. The Kier molecular flexibility index (Phi) is 14.7. The van der Waals surface area contributed by atoms with E-state index >= 15 is 0 Å². The average molecular weight is 853 g/mol. The number of guanidine groups is 2. The van der Waals surface area contributed by atoms with E-state index in [1.165, 1.54) is 6.07 Å². The van der Waals surface area contributed by atoms with E-state index in [0.29, 0.717) is 63.5 Å². The number of carbonyl (C=O) groups excluding carboxylic acids is 4. The number of amides is 4. The van der Waals surface area contributed by atoms with Crippen LogP contribution in [0.4, 0.5) is 11.4 Å². The number of hydrogen-bond donors (Lipinski definition) is 9. The number of nitrogens with two attached hydrogens (primary N) is 4. The van der Waals surface area contributed by atoms with Gasteiger partial charge >= 0.3 is 5.97 Å². The molecular formula is C46H48N10O7. The summed E-state index contributed by atoms with van der Waals surface area (Å²) in [5.74, 6) is -3.25. The number of ether oxygens (including phenoxy) is 1. The number of hydrogen-bond acceptors (Lipinski definition) is 8. The molecule has 0 aliphatic carbocycles. The van der Waals surface area contributed by atoms with Crippen LogP contribution in [0.3, 0.4) is 0 Å². The topological polar surface area (TPSA) is 292 Å². The summed E-state index contributed by atoms with van der Waals surface area (Å²) >= 11 is 0. The molecule has 4 amide bonds. The summed E-state index contributed by atoms with van der Waals surface area (Å²) < 4.78 is 6.48. The van der Waals surface area contributed by atoms with E-state index in [-0.39, 0.29) is 43.4 Å². The Labute approximate surface area is 363 Å². The van der Waals surface area contributed by atoms with Gasteiger partial charge < -0.3 is 54.0 Å². The first kappa shape index (κ1) is 44.3. The molecule has 1 heterocycles. The number of carboxylic acid groups (broad SMARTS) is 1. The summed E-state index contributed by atoms with van der Waals surface area (Å²) in [5, 5.41) is 21.6. The molecule has 17 nitrogen and oxygen atoms in total. The maximum atomic E-state index is 13.8. The van der Waals surface area contributed by atoms with Gasteiger partial charge in [0.2, 0.25) is 11.8 Å². The minimum atomic E-state index is -1.13. The van der Waals surface area contributed by atoms with E-state index in [1.807, 2.05) is 0 Å². The summed E-state index contributed by atoms with van der Waals surface area (Å²) in [6.07, 6.45) is 1.20. The van der Waals surface area contributed by atoms with Crippen LogP contribution in [0.15, 0.2) is 131 Å². The highest BCUT2D eigenvalue weighted by Crippen LogP contribution is 2.49. The van der Waals surface area contributed by atoms with Crippen LogP contribution in [-0.2, 0) is 9.59 Å². The molecule has 5 aromatic rings. The van der Waals surface area contributed by atoms with Gasteiger partial charge in [-0.3, -0.25) is 29.2 Å². The number of anilines is 2. The van der Waals surface area contributed by atoms with Crippen molar-refractivity contribution in [3.05, 3.63) is 155 Å². The van der Waals surface area contributed by atoms with Gasteiger partial charge in [0.25, 0.3) is 11.8 Å². The van der Waals surface area contributed by atoms with Crippen LogP contribution >= 0.6 is 0 Å². The summed E-state index contributed by atoms with van der Waals surface area (Å²) in [5.41, 5.74) is 25.1. The molecule has 5 aromatic carbocycles. The molecule has 6 rings (SSSR count). The standard InChI is InChI=1S/C46H48N10O7/c47-45(48)51-23-9-17-35(55-40(57)27-11-3-1-4-12-27)42(59)53-29-19-21-33-37(25-29)63-38-26-30(20-22-34(38)39(33)31-15-7-8-16-32(31)44(61)62)54-43(60)36(18-10-24-52-46(49)50)56-41(58)28-13-5-2-6-14-28/h1-8,11-16,19-22,25-26,35-36,39H,9-10,17-18,23-24H2,(H,53,59)(H,54,60)(H,55,57)(H,56,58)(H,61,62)(H4,47,48,51)(H4,49,50,52). The Balaban J connectivity index is 1.29. The van der Waals surface area contributed by atoms with Crippen molar-refractivity contribution in [2.24, 2.45) is 32.9 Å². The summed E-state index contributed by atoms with van der Waals surface area (Å²) in [6.45, 7) is 0.479. The number of carbonyl (C=O) groups is 5. The first-order chi connectivity index (χ1) is 30.4. The molecule has 17 heteroatoms. The van der Waals surface area contributed by atoms with Crippen LogP contribution in [0.25, 0.3) is 0 Å². The van der Waals surface area contributed by atoms with E-state index in [9.17, 15) is 29.1 Å². The molecule has 2 unspecified atom stereocenters. The Morgan fingerprint density at radius 1 is 0.571 bits per heavy atom. The van der Waals surface area contributed by atoms with Crippen LogP contribution < -0.4 is 48.9 Å². The first-order valence-corrected chi connectivity index (χ1v) is 20.1. The second-order valence-corrected chi connectivity index (χ2v) is 14.6. The molecule has 0 spiro atoms. The van der Waals surface area contributed by atoms with Gasteiger partial charge in [-0.2, -0.15) is 0 Å². The minimum Gasteiger partial charge on any atom is -0.478 e. The van der Waals surface area contributed by atoms with Gasteiger partial charge in [-0.15, -0.1) is 0 Å². The molecule has 13 N–H and O–H groups in total. The third kappa shape index (κ3) is 11.8. The van der Waals surface area contributed by atoms with Crippen molar-refractivity contribution in [2.45, 2.75) is 43.7 Å². The number of benzene rings is 5. The van der Waals surface area contributed by atoms with Crippen molar-refractivity contribution in [3.8, 4) is 11.5 Å². The van der Waals surface area contributed by atoms with E-state index in [4.69, 9.17) is 27.7 Å². The maximum Gasteiger partial charge on any atom is 0.335 e. The third-order valence-corrected chi connectivity index (χ3v) is 10.1. The largest absolute Gasteiger partial charge is 0.478 e. The fourth-order valence-corrected chi connectivity index (χ4v) is 7.11. The molecule has 1 aliphatic heterocycles. The lowest BCUT2D eigenvalue weighted by atomic mass is 9.80. The zero-order chi connectivity index (χ0) is 44.9. The Hall–Kier alpha value is -8.21. The molecule has 0 fully saturated rings.